The summed E-state index contributed by atoms with van der Waals surface area (Å²) in [6, 6.07) is 15.2. The standard InChI is InChI=1S/C37H41B2N11O2/c1-7-27-33-24(18-40-49(33)22-19-48(20-22)37(38,39)28-13-9-12-26(41-28)34(51)46(4)5)23-10-8-11-25(32(23)47(27)6)42-31-17-29(44-35(52)36(3)14-15-36)43-30-16-21(2)45-50(30)31/h8-13,16-18,22,27,42H,7,14-15,19-20H2,1-6H3,(H,43,44,52). The number of fused-ring (bicyclic) bond motifs is 4. The first-order valence-electron chi connectivity index (χ1n) is 17.7. The molecular formula is C37H41B2N11O2. The van der Waals surface area contributed by atoms with Gasteiger partial charge in [-0.15, -0.1) is 0 Å². The van der Waals surface area contributed by atoms with Crippen molar-refractivity contribution in [2.45, 2.75) is 57.5 Å². The maximum atomic E-state index is 13.0. The van der Waals surface area contributed by atoms with Gasteiger partial charge < -0.3 is 25.3 Å². The second-order valence-electron chi connectivity index (χ2n) is 14.8. The molecule has 15 heteroatoms. The number of hydrogen-bond donors (Lipinski definition) is 2. The van der Waals surface area contributed by atoms with E-state index >= 15 is 0 Å². The van der Waals surface area contributed by atoms with E-state index in [0.29, 0.717) is 41.8 Å². The zero-order valence-electron chi connectivity index (χ0n) is 30.4. The summed E-state index contributed by atoms with van der Waals surface area (Å²) >= 11 is 0. The number of nitrogens with one attached hydrogen (secondary N) is 2. The molecule has 2 aliphatic heterocycles. The zero-order valence-corrected chi connectivity index (χ0v) is 30.4. The fraction of sp³-hybridized carbons (Fsp3) is 0.405. The van der Waals surface area contributed by atoms with Gasteiger partial charge in [-0.2, -0.15) is 14.7 Å². The van der Waals surface area contributed by atoms with E-state index < -0.39 is 5.34 Å². The van der Waals surface area contributed by atoms with E-state index in [2.05, 4.69) is 51.3 Å². The highest BCUT2D eigenvalue weighted by Gasteiger charge is 2.45. The highest BCUT2D eigenvalue weighted by molar-refractivity contribution is 6.39. The Morgan fingerprint density at radius 1 is 1.06 bits per heavy atom. The van der Waals surface area contributed by atoms with Crippen LogP contribution in [-0.4, -0.2) is 101 Å². The molecule has 5 aromatic rings. The molecule has 6 heterocycles. The minimum absolute atomic E-state index is 0.0146. The molecule has 4 aromatic heterocycles. The average molecular weight is 693 g/mol. The first kappa shape index (κ1) is 33.9. The van der Waals surface area contributed by atoms with Crippen LogP contribution < -0.4 is 15.5 Å². The molecule has 13 nitrogen and oxygen atoms in total. The van der Waals surface area contributed by atoms with Crippen LogP contribution in [0.15, 0.2) is 54.7 Å². The summed E-state index contributed by atoms with van der Waals surface area (Å²) in [5.41, 5.74) is 7.09. The van der Waals surface area contributed by atoms with Crippen LogP contribution >= 0.6 is 0 Å². The molecule has 3 aliphatic rings. The monoisotopic (exact) mass is 693 g/mol. The maximum absolute atomic E-state index is 13.0. The van der Waals surface area contributed by atoms with Crippen molar-refractivity contribution in [3.05, 3.63) is 77.5 Å². The van der Waals surface area contributed by atoms with E-state index in [-0.39, 0.29) is 29.3 Å². The number of hydrogen-bond acceptors (Lipinski definition) is 9. The van der Waals surface area contributed by atoms with Crippen molar-refractivity contribution >= 4 is 56.2 Å². The molecule has 0 bridgehead atoms. The van der Waals surface area contributed by atoms with Gasteiger partial charge in [0.05, 0.1) is 56.7 Å². The van der Waals surface area contributed by atoms with Crippen LogP contribution in [0.4, 0.5) is 23.0 Å². The lowest BCUT2D eigenvalue weighted by molar-refractivity contribution is -0.120. The molecule has 262 valence electrons. The highest BCUT2D eigenvalue weighted by atomic mass is 16.2. The first-order chi connectivity index (χ1) is 24.8. The SMILES string of the molecule is [B]C([B])(c1cccc(C(=O)N(C)C)n1)N1CC(n2ncc3c2C(CC)N(C)c2c(Nc4cc(NC(=O)C5(C)CC5)nc5cc(C)nn45)cccc2-3)C1. The Morgan fingerprint density at radius 3 is 2.52 bits per heavy atom. The van der Waals surface area contributed by atoms with Gasteiger partial charge in [0, 0.05) is 68.6 Å². The predicted molar refractivity (Wildman–Crippen MR) is 202 cm³/mol. The summed E-state index contributed by atoms with van der Waals surface area (Å²) in [6.45, 7) is 7.24. The van der Waals surface area contributed by atoms with Crippen molar-refractivity contribution in [1.82, 2.24) is 39.2 Å². The van der Waals surface area contributed by atoms with E-state index in [9.17, 15) is 9.59 Å². The van der Waals surface area contributed by atoms with E-state index in [4.69, 9.17) is 30.9 Å². The number of rotatable bonds is 9. The Hall–Kier alpha value is -5.17. The quantitative estimate of drug-likeness (QED) is 0.216. The number of amides is 2. The summed E-state index contributed by atoms with van der Waals surface area (Å²) in [4.78, 5) is 40.5. The van der Waals surface area contributed by atoms with E-state index in [1.54, 1.807) is 36.8 Å². The lowest BCUT2D eigenvalue weighted by Crippen LogP contribution is -2.60. The number of carbonyl (C=O) groups is 2. The van der Waals surface area contributed by atoms with E-state index in [1.807, 2.05) is 43.1 Å². The molecular weight excluding hydrogens is 652 g/mol. The number of aromatic nitrogens is 6. The molecule has 52 heavy (non-hydrogen) atoms. The van der Waals surface area contributed by atoms with Gasteiger partial charge in [-0.1, -0.05) is 32.0 Å². The third-order valence-corrected chi connectivity index (χ3v) is 10.8. The predicted octanol–water partition coefficient (Wildman–Crippen LogP) is 4.39. The first-order valence-corrected chi connectivity index (χ1v) is 17.7. The molecule has 1 atom stereocenters. The summed E-state index contributed by atoms with van der Waals surface area (Å²) < 4.78 is 3.90. The zero-order chi connectivity index (χ0) is 36.7. The smallest absolute Gasteiger partial charge is 0.271 e. The molecule has 1 aromatic carbocycles. The van der Waals surface area contributed by atoms with Crippen molar-refractivity contribution in [2.24, 2.45) is 5.41 Å². The topological polar surface area (TPSA) is 129 Å². The lowest BCUT2D eigenvalue weighted by atomic mass is 9.57. The van der Waals surface area contributed by atoms with Gasteiger partial charge in [0.2, 0.25) is 5.91 Å². The molecule has 4 radical (unpaired) electrons. The summed E-state index contributed by atoms with van der Waals surface area (Å²) in [7, 11) is 18.9. The molecule has 1 aliphatic carbocycles. The second kappa shape index (κ2) is 12.2. The van der Waals surface area contributed by atoms with Crippen LogP contribution in [-0.2, 0) is 10.1 Å². The Bertz CT molecular complexity index is 2240. The molecule has 2 N–H and O–H groups in total. The van der Waals surface area contributed by atoms with Crippen molar-refractivity contribution in [2.75, 3.05) is 49.8 Å². The Balaban J connectivity index is 1.09. The third-order valence-electron chi connectivity index (χ3n) is 10.8. The second-order valence-corrected chi connectivity index (χ2v) is 14.8. The molecule has 1 saturated heterocycles. The van der Waals surface area contributed by atoms with Crippen molar-refractivity contribution < 1.29 is 9.59 Å². The van der Waals surface area contributed by atoms with Crippen LogP contribution in [0, 0.1) is 12.3 Å². The minimum Gasteiger partial charge on any atom is -0.364 e. The number of benzene rings is 1. The van der Waals surface area contributed by atoms with Gasteiger partial charge in [0.25, 0.3) is 5.91 Å². The third kappa shape index (κ3) is 5.53. The van der Waals surface area contributed by atoms with E-state index in [1.165, 1.54) is 4.90 Å². The van der Waals surface area contributed by atoms with Gasteiger partial charge in [-0.25, -0.2) is 9.97 Å². The summed E-state index contributed by atoms with van der Waals surface area (Å²) in [5.74, 6) is 0.954. The van der Waals surface area contributed by atoms with Crippen LogP contribution in [0.5, 0.6) is 0 Å². The van der Waals surface area contributed by atoms with Crippen LogP contribution in [0.1, 0.15) is 72.8 Å². The molecule has 1 unspecified atom stereocenters. The number of nitrogens with zero attached hydrogens (tertiary/aromatic N) is 9. The fourth-order valence-electron chi connectivity index (χ4n) is 7.39. The van der Waals surface area contributed by atoms with Crippen molar-refractivity contribution in [3.63, 3.8) is 0 Å². The van der Waals surface area contributed by atoms with Crippen LogP contribution in [0.3, 0.4) is 0 Å². The summed E-state index contributed by atoms with van der Waals surface area (Å²) in [5, 5.41) is 15.0. The number of likely N-dealkylation sites (tertiary alicyclic amines) is 1. The van der Waals surface area contributed by atoms with Gasteiger partial charge in [0.1, 0.15) is 17.3 Å². The molecule has 2 amide bonds. The van der Waals surface area contributed by atoms with E-state index in [0.717, 1.165) is 53.2 Å². The fourth-order valence-corrected chi connectivity index (χ4v) is 7.39. The minimum atomic E-state index is -1.36. The molecule has 1 saturated carbocycles. The number of carbonyl (C=O) groups excluding carboxylic acids is 2. The largest absolute Gasteiger partial charge is 0.364 e. The number of anilines is 4. The Kier molecular flexibility index (Phi) is 7.97. The molecule has 0 spiro atoms. The van der Waals surface area contributed by atoms with Crippen molar-refractivity contribution in [1.29, 1.82) is 0 Å². The lowest BCUT2D eigenvalue weighted by Gasteiger charge is -2.50. The van der Waals surface area contributed by atoms with Gasteiger partial charge in [0.15, 0.2) is 5.65 Å². The maximum Gasteiger partial charge on any atom is 0.271 e. The number of pyridine rings is 1. The number of aryl methyl sites for hydroxylation is 1. The Morgan fingerprint density at radius 2 is 1.81 bits per heavy atom. The number of para-hydroxylation sites is 1. The Labute approximate surface area is 305 Å². The van der Waals surface area contributed by atoms with Crippen LogP contribution in [0.2, 0.25) is 0 Å². The van der Waals surface area contributed by atoms with Crippen LogP contribution in [0.25, 0.3) is 16.8 Å². The summed E-state index contributed by atoms with van der Waals surface area (Å²) in [6.07, 6.45) is 4.56. The van der Waals surface area contributed by atoms with Crippen molar-refractivity contribution in [3.8, 4) is 11.1 Å². The highest BCUT2D eigenvalue weighted by Crippen LogP contribution is 2.50. The van der Waals surface area contributed by atoms with Gasteiger partial charge in [-0.05, 0) is 49.7 Å². The normalized spacial score (nSPS) is 18.0. The molecule has 2 fully saturated rings. The van der Waals surface area contributed by atoms with Gasteiger partial charge in [-0.3, -0.25) is 14.3 Å². The molecule has 8 rings (SSSR count). The van der Waals surface area contributed by atoms with Gasteiger partial charge >= 0.3 is 0 Å². The average Bonchev–Trinajstić information content (AvgIpc) is 3.52.